The van der Waals surface area contributed by atoms with E-state index in [2.05, 4.69) is 0 Å². The summed E-state index contributed by atoms with van der Waals surface area (Å²) >= 11 is 0. The molecule has 0 fully saturated rings. The van der Waals surface area contributed by atoms with Gasteiger partial charge in [-0.3, -0.25) is 4.55 Å². The fourth-order valence-electron chi connectivity index (χ4n) is 1.62. The second kappa shape index (κ2) is 5.84. The Morgan fingerprint density at radius 2 is 1.43 bits per heavy atom. The summed E-state index contributed by atoms with van der Waals surface area (Å²) in [7, 11) is -8.16. The first-order valence-electron chi connectivity index (χ1n) is 5.80. The molecule has 0 aliphatic heterocycles. The molecule has 6 nitrogen and oxygen atoms in total. The molecule has 0 unspecified atom stereocenters. The van der Waals surface area contributed by atoms with Crippen LogP contribution >= 0.6 is 0 Å². The van der Waals surface area contributed by atoms with Crippen molar-refractivity contribution in [2.24, 2.45) is 0 Å². The molecule has 0 heterocycles. The fraction of sp³-hybridized carbons (Fsp3) is 0.0769. The normalized spacial score (nSPS) is 12.0. The molecule has 2 aromatic carbocycles. The minimum atomic E-state index is -4.32. The molecule has 0 aromatic heterocycles. The van der Waals surface area contributed by atoms with Crippen molar-refractivity contribution < 1.29 is 25.6 Å². The minimum absolute atomic E-state index is 0.0293. The van der Waals surface area contributed by atoms with Crippen LogP contribution in [0.3, 0.4) is 0 Å². The standard InChI is InChI=1S/C13H12O6S2/c14-20(15,10-11-4-2-1-3-5-11)19-12-6-8-13(9-7-12)21(16,17)18/h1-9H,10H2,(H,16,17,18). The van der Waals surface area contributed by atoms with Crippen molar-refractivity contribution in [1.82, 2.24) is 0 Å². The van der Waals surface area contributed by atoms with Crippen LogP contribution in [0, 0.1) is 0 Å². The molecular formula is C13H12O6S2. The van der Waals surface area contributed by atoms with Gasteiger partial charge in [0.1, 0.15) is 11.5 Å². The van der Waals surface area contributed by atoms with Crippen molar-refractivity contribution in [3.05, 3.63) is 60.2 Å². The summed E-state index contributed by atoms with van der Waals surface area (Å²) in [5.41, 5.74) is 0.576. The molecule has 0 saturated carbocycles. The van der Waals surface area contributed by atoms with E-state index in [0.717, 1.165) is 24.3 Å². The highest BCUT2D eigenvalue weighted by atomic mass is 32.2. The van der Waals surface area contributed by atoms with Crippen LogP contribution in [0.5, 0.6) is 5.75 Å². The molecular weight excluding hydrogens is 316 g/mol. The van der Waals surface area contributed by atoms with Crippen molar-refractivity contribution in [3.63, 3.8) is 0 Å². The van der Waals surface area contributed by atoms with Crippen molar-refractivity contribution in [2.45, 2.75) is 10.6 Å². The average molecular weight is 328 g/mol. The molecule has 0 spiro atoms. The van der Waals surface area contributed by atoms with Crippen LogP contribution < -0.4 is 4.18 Å². The highest BCUT2D eigenvalue weighted by Gasteiger charge is 2.15. The maximum atomic E-state index is 11.9. The van der Waals surface area contributed by atoms with Gasteiger partial charge in [-0.1, -0.05) is 30.3 Å². The van der Waals surface area contributed by atoms with E-state index < -0.39 is 20.2 Å². The number of hydrogen-bond acceptors (Lipinski definition) is 5. The summed E-state index contributed by atoms with van der Waals surface area (Å²) in [4.78, 5) is -0.338. The van der Waals surface area contributed by atoms with Crippen LogP contribution in [0.1, 0.15) is 5.56 Å². The Hall–Kier alpha value is -1.90. The molecule has 8 heteroatoms. The number of hydrogen-bond donors (Lipinski definition) is 1. The molecule has 0 saturated heterocycles. The summed E-state index contributed by atoms with van der Waals surface area (Å²) in [5.74, 6) is -0.327. The molecule has 2 aromatic rings. The predicted molar refractivity (Wildman–Crippen MR) is 76.0 cm³/mol. The summed E-state index contributed by atoms with van der Waals surface area (Å²) < 4.78 is 59.1. The second-order valence-corrected chi connectivity index (χ2v) is 7.21. The van der Waals surface area contributed by atoms with Crippen LogP contribution in [0.25, 0.3) is 0 Å². The molecule has 0 amide bonds. The Morgan fingerprint density at radius 1 is 0.857 bits per heavy atom. The van der Waals surface area contributed by atoms with Crippen LogP contribution in [0.4, 0.5) is 0 Å². The molecule has 0 aliphatic carbocycles. The van der Waals surface area contributed by atoms with Crippen molar-refractivity contribution in [1.29, 1.82) is 0 Å². The molecule has 0 aliphatic rings. The number of rotatable bonds is 5. The molecule has 0 bridgehead atoms. The van der Waals surface area contributed by atoms with E-state index in [1.54, 1.807) is 30.3 Å². The molecule has 112 valence electrons. The van der Waals surface area contributed by atoms with Gasteiger partial charge in [-0.05, 0) is 29.8 Å². The van der Waals surface area contributed by atoms with Gasteiger partial charge in [0.25, 0.3) is 10.1 Å². The zero-order chi connectivity index (χ0) is 15.5. The van der Waals surface area contributed by atoms with Crippen molar-refractivity contribution in [2.75, 3.05) is 0 Å². The summed E-state index contributed by atoms with van der Waals surface area (Å²) in [6.45, 7) is 0. The van der Waals surface area contributed by atoms with Gasteiger partial charge in [-0.15, -0.1) is 0 Å². The van der Waals surface area contributed by atoms with Gasteiger partial charge in [0, 0.05) is 0 Å². The fourth-order valence-corrected chi connectivity index (χ4v) is 3.17. The predicted octanol–water partition coefficient (Wildman–Crippen LogP) is 1.84. The molecule has 21 heavy (non-hydrogen) atoms. The van der Waals surface area contributed by atoms with Crippen LogP contribution in [-0.2, 0) is 26.0 Å². The highest BCUT2D eigenvalue weighted by molar-refractivity contribution is 7.86. The largest absolute Gasteiger partial charge is 0.382 e. The highest BCUT2D eigenvalue weighted by Crippen LogP contribution is 2.18. The maximum Gasteiger partial charge on any atom is 0.313 e. The van der Waals surface area contributed by atoms with E-state index >= 15 is 0 Å². The zero-order valence-corrected chi connectivity index (χ0v) is 12.3. The van der Waals surface area contributed by atoms with E-state index in [0.29, 0.717) is 5.56 Å². The summed E-state index contributed by atoms with van der Waals surface area (Å²) in [6.07, 6.45) is 0. The average Bonchev–Trinajstić information content (AvgIpc) is 2.38. The lowest BCUT2D eigenvalue weighted by atomic mass is 10.2. The SMILES string of the molecule is O=S(=O)(Cc1ccccc1)Oc1ccc(S(=O)(=O)O)cc1. The third-order valence-electron chi connectivity index (χ3n) is 2.53. The van der Waals surface area contributed by atoms with E-state index in [1.807, 2.05) is 0 Å². The van der Waals surface area contributed by atoms with Gasteiger partial charge in [-0.25, -0.2) is 0 Å². The van der Waals surface area contributed by atoms with Gasteiger partial charge >= 0.3 is 10.1 Å². The minimum Gasteiger partial charge on any atom is -0.382 e. The maximum absolute atomic E-state index is 11.9. The lowest BCUT2D eigenvalue weighted by Gasteiger charge is -2.07. The Bertz CT molecular complexity index is 809. The number of benzene rings is 2. The van der Waals surface area contributed by atoms with Gasteiger partial charge in [0.15, 0.2) is 0 Å². The molecule has 2 rings (SSSR count). The van der Waals surface area contributed by atoms with Crippen LogP contribution in [-0.4, -0.2) is 21.4 Å². The molecule has 0 atom stereocenters. The summed E-state index contributed by atoms with van der Waals surface area (Å²) in [6, 6.07) is 12.9. The lowest BCUT2D eigenvalue weighted by molar-refractivity contribution is 0.482. The smallest absolute Gasteiger partial charge is 0.313 e. The van der Waals surface area contributed by atoms with E-state index in [4.69, 9.17) is 8.74 Å². The van der Waals surface area contributed by atoms with Gasteiger partial charge in [0.2, 0.25) is 0 Å². The van der Waals surface area contributed by atoms with Crippen molar-refractivity contribution >= 4 is 20.2 Å². The third kappa shape index (κ3) is 4.55. The quantitative estimate of drug-likeness (QED) is 0.664. The summed E-state index contributed by atoms with van der Waals surface area (Å²) in [5, 5.41) is 0. The first-order valence-corrected chi connectivity index (χ1v) is 8.82. The Morgan fingerprint density at radius 3 is 1.95 bits per heavy atom. The second-order valence-electron chi connectivity index (χ2n) is 4.22. The Kier molecular flexibility index (Phi) is 4.31. The zero-order valence-electron chi connectivity index (χ0n) is 10.7. The van der Waals surface area contributed by atoms with E-state index in [1.165, 1.54) is 0 Å². The molecule has 0 radical (unpaired) electrons. The molecule has 1 N–H and O–H groups in total. The van der Waals surface area contributed by atoms with Crippen LogP contribution in [0.2, 0.25) is 0 Å². The topological polar surface area (TPSA) is 97.7 Å². The lowest BCUT2D eigenvalue weighted by Crippen LogP contribution is -2.12. The first kappa shape index (κ1) is 15.5. The van der Waals surface area contributed by atoms with Crippen molar-refractivity contribution in [3.8, 4) is 5.75 Å². The monoisotopic (exact) mass is 328 g/mol. The third-order valence-corrected chi connectivity index (χ3v) is 4.53. The van der Waals surface area contributed by atoms with Gasteiger partial charge in [0.05, 0.1) is 4.90 Å². The first-order chi connectivity index (χ1) is 9.76. The van der Waals surface area contributed by atoms with E-state index in [9.17, 15) is 16.8 Å². The van der Waals surface area contributed by atoms with Gasteiger partial charge < -0.3 is 4.18 Å². The Labute approximate surface area is 122 Å². The van der Waals surface area contributed by atoms with Crippen LogP contribution in [0.15, 0.2) is 59.5 Å². The Balaban J connectivity index is 2.14. The van der Waals surface area contributed by atoms with E-state index in [-0.39, 0.29) is 16.4 Å². The van der Waals surface area contributed by atoms with Gasteiger partial charge in [-0.2, -0.15) is 16.8 Å².